The third-order valence-electron chi connectivity index (χ3n) is 4.00. The van der Waals surface area contributed by atoms with Crippen molar-refractivity contribution < 1.29 is 9.53 Å². The van der Waals surface area contributed by atoms with E-state index in [2.05, 4.69) is 5.32 Å². The minimum Gasteiger partial charge on any atom is -0.381 e. The molecule has 1 heterocycles. The molecule has 4 heteroatoms. The summed E-state index contributed by atoms with van der Waals surface area (Å²) < 4.78 is 5.41. The highest BCUT2D eigenvalue weighted by atomic mass is 16.5. The van der Waals surface area contributed by atoms with Gasteiger partial charge in [-0.1, -0.05) is 12.1 Å². The molecule has 1 saturated heterocycles. The molecule has 1 aliphatic carbocycles. The quantitative estimate of drug-likeness (QED) is 0.917. The van der Waals surface area contributed by atoms with Gasteiger partial charge >= 0.3 is 6.03 Å². The van der Waals surface area contributed by atoms with Gasteiger partial charge in [0.1, 0.15) is 0 Å². The highest BCUT2D eigenvalue weighted by Gasteiger charge is 2.34. The zero-order valence-electron chi connectivity index (χ0n) is 12.0. The van der Waals surface area contributed by atoms with Gasteiger partial charge in [0.25, 0.3) is 0 Å². The molecule has 2 fully saturated rings. The molecule has 2 amide bonds. The fourth-order valence-corrected chi connectivity index (χ4v) is 2.71. The topological polar surface area (TPSA) is 41.6 Å². The maximum absolute atomic E-state index is 12.5. The summed E-state index contributed by atoms with van der Waals surface area (Å²) in [4.78, 5) is 14.5. The van der Waals surface area contributed by atoms with Crippen LogP contribution in [0.4, 0.5) is 10.5 Å². The highest BCUT2D eigenvalue weighted by Crippen LogP contribution is 2.29. The molecule has 2 aliphatic rings. The number of nitrogens with zero attached hydrogens (tertiary/aromatic N) is 1. The van der Waals surface area contributed by atoms with Crippen molar-refractivity contribution >= 4 is 11.7 Å². The Balaban J connectivity index is 1.63. The number of anilines is 1. The Morgan fingerprint density at radius 3 is 2.90 bits per heavy atom. The normalized spacial score (nSPS) is 21.8. The maximum atomic E-state index is 12.5. The van der Waals surface area contributed by atoms with E-state index in [1.54, 1.807) is 0 Å². The first-order valence-electron chi connectivity index (χ1n) is 7.44. The van der Waals surface area contributed by atoms with Gasteiger partial charge in [0, 0.05) is 30.8 Å². The van der Waals surface area contributed by atoms with Crippen molar-refractivity contribution in [2.75, 3.05) is 25.1 Å². The molecule has 1 atom stereocenters. The second-order valence-corrected chi connectivity index (χ2v) is 5.91. The van der Waals surface area contributed by atoms with E-state index < -0.39 is 0 Å². The highest BCUT2D eigenvalue weighted by molar-refractivity contribution is 5.89. The predicted molar refractivity (Wildman–Crippen MR) is 78.9 cm³/mol. The molecule has 1 N–H and O–H groups in total. The van der Waals surface area contributed by atoms with Crippen molar-refractivity contribution in [1.29, 1.82) is 0 Å². The van der Waals surface area contributed by atoms with Gasteiger partial charge < -0.3 is 15.0 Å². The average Bonchev–Trinajstić information content (AvgIpc) is 3.12. The zero-order valence-corrected chi connectivity index (χ0v) is 12.0. The molecular weight excluding hydrogens is 252 g/mol. The van der Waals surface area contributed by atoms with Gasteiger partial charge in [0.2, 0.25) is 0 Å². The number of hydrogen-bond donors (Lipinski definition) is 1. The number of ether oxygens (including phenoxy) is 1. The van der Waals surface area contributed by atoms with Crippen molar-refractivity contribution in [3.63, 3.8) is 0 Å². The van der Waals surface area contributed by atoms with Crippen LogP contribution in [-0.2, 0) is 4.74 Å². The molecular formula is C16H22N2O2. The molecule has 0 bridgehead atoms. The van der Waals surface area contributed by atoms with Crippen LogP contribution in [0, 0.1) is 12.8 Å². The molecule has 0 unspecified atom stereocenters. The fraction of sp³-hybridized carbons (Fsp3) is 0.562. The molecule has 20 heavy (non-hydrogen) atoms. The van der Waals surface area contributed by atoms with Crippen molar-refractivity contribution in [2.24, 2.45) is 5.92 Å². The number of rotatable bonds is 4. The molecule has 108 valence electrons. The summed E-state index contributed by atoms with van der Waals surface area (Å²) in [6.45, 7) is 4.48. The van der Waals surface area contributed by atoms with E-state index in [0.717, 1.165) is 50.3 Å². The van der Waals surface area contributed by atoms with Crippen molar-refractivity contribution in [2.45, 2.75) is 32.2 Å². The third-order valence-corrected chi connectivity index (χ3v) is 4.00. The largest absolute Gasteiger partial charge is 0.381 e. The van der Waals surface area contributed by atoms with E-state index in [1.807, 2.05) is 36.1 Å². The van der Waals surface area contributed by atoms with Crippen LogP contribution in [0.1, 0.15) is 24.8 Å². The smallest absolute Gasteiger partial charge is 0.322 e. The van der Waals surface area contributed by atoms with Gasteiger partial charge in [0.05, 0.1) is 6.61 Å². The standard InChI is InChI=1S/C16H22N2O2/c1-12-3-2-4-14(9-12)17-16(19)18(15-5-6-15)10-13-7-8-20-11-13/h2-4,9,13,15H,5-8,10-11H2,1H3,(H,17,19)/t13-/m1/s1. The monoisotopic (exact) mass is 274 g/mol. The summed E-state index contributed by atoms with van der Waals surface area (Å²) in [7, 11) is 0. The fourth-order valence-electron chi connectivity index (χ4n) is 2.71. The van der Waals surface area contributed by atoms with E-state index >= 15 is 0 Å². The number of amides is 2. The minimum atomic E-state index is 0.0324. The van der Waals surface area contributed by atoms with Crippen molar-refractivity contribution in [3.05, 3.63) is 29.8 Å². The second kappa shape index (κ2) is 5.83. The first kappa shape index (κ1) is 13.4. The van der Waals surface area contributed by atoms with Crippen molar-refractivity contribution in [3.8, 4) is 0 Å². The maximum Gasteiger partial charge on any atom is 0.322 e. The Bertz CT molecular complexity index is 479. The summed E-state index contributed by atoms with van der Waals surface area (Å²) in [5.74, 6) is 0.499. The van der Waals surface area contributed by atoms with Gasteiger partial charge in [-0.05, 0) is 43.9 Å². The van der Waals surface area contributed by atoms with Gasteiger partial charge in [-0.3, -0.25) is 0 Å². The molecule has 1 saturated carbocycles. The van der Waals surface area contributed by atoms with E-state index in [0.29, 0.717) is 12.0 Å². The Morgan fingerprint density at radius 2 is 2.25 bits per heavy atom. The predicted octanol–water partition coefficient (Wildman–Crippen LogP) is 3.03. The van der Waals surface area contributed by atoms with Gasteiger partial charge in [-0.2, -0.15) is 0 Å². The first-order valence-corrected chi connectivity index (χ1v) is 7.44. The van der Waals surface area contributed by atoms with Crippen LogP contribution in [-0.4, -0.2) is 36.7 Å². The van der Waals surface area contributed by atoms with Crippen LogP contribution in [0.5, 0.6) is 0 Å². The summed E-state index contributed by atoms with van der Waals surface area (Å²) in [5.41, 5.74) is 2.04. The minimum absolute atomic E-state index is 0.0324. The summed E-state index contributed by atoms with van der Waals surface area (Å²) in [5, 5.41) is 3.02. The number of benzene rings is 1. The molecule has 0 spiro atoms. The Morgan fingerprint density at radius 1 is 1.40 bits per heavy atom. The van der Waals surface area contributed by atoms with Gasteiger partial charge in [0.15, 0.2) is 0 Å². The molecule has 0 aromatic heterocycles. The lowest BCUT2D eigenvalue weighted by molar-refractivity contribution is 0.167. The number of nitrogens with one attached hydrogen (secondary N) is 1. The van der Waals surface area contributed by atoms with Crippen LogP contribution in [0.15, 0.2) is 24.3 Å². The average molecular weight is 274 g/mol. The lowest BCUT2D eigenvalue weighted by atomic mass is 10.1. The van der Waals surface area contributed by atoms with Gasteiger partial charge in [-0.15, -0.1) is 0 Å². The number of urea groups is 1. The summed E-state index contributed by atoms with van der Waals surface area (Å²) >= 11 is 0. The summed E-state index contributed by atoms with van der Waals surface area (Å²) in [6, 6.07) is 8.41. The molecule has 4 nitrogen and oxygen atoms in total. The molecule has 0 radical (unpaired) electrons. The van der Waals surface area contributed by atoms with Gasteiger partial charge in [-0.25, -0.2) is 4.79 Å². The van der Waals surface area contributed by atoms with Crippen LogP contribution in [0.25, 0.3) is 0 Å². The first-order chi connectivity index (χ1) is 9.72. The van der Waals surface area contributed by atoms with Crippen LogP contribution in [0.3, 0.4) is 0 Å². The number of aryl methyl sites for hydroxylation is 1. The van der Waals surface area contributed by atoms with Crippen LogP contribution < -0.4 is 5.32 Å². The molecule has 1 aromatic carbocycles. The van der Waals surface area contributed by atoms with E-state index in [9.17, 15) is 4.79 Å². The zero-order chi connectivity index (χ0) is 13.9. The Kier molecular flexibility index (Phi) is 3.92. The lowest BCUT2D eigenvalue weighted by Gasteiger charge is -2.25. The number of carbonyl (C=O) groups is 1. The number of hydrogen-bond acceptors (Lipinski definition) is 2. The van der Waals surface area contributed by atoms with E-state index in [4.69, 9.17) is 4.74 Å². The molecule has 1 aliphatic heterocycles. The Labute approximate surface area is 120 Å². The third kappa shape index (κ3) is 3.31. The molecule has 1 aromatic rings. The SMILES string of the molecule is Cc1cccc(NC(=O)N(C[C@H]2CCOC2)C2CC2)c1. The van der Waals surface area contributed by atoms with Crippen LogP contribution in [0.2, 0.25) is 0 Å². The van der Waals surface area contributed by atoms with E-state index in [-0.39, 0.29) is 6.03 Å². The van der Waals surface area contributed by atoms with Crippen LogP contribution >= 0.6 is 0 Å². The van der Waals surface area contributed by atoms with Crippen molar-refractivity contribution in [1.82, 2.24) is 4.90 Å². The van der Waals surface area contributed by atoms with E-state index in [1.165, 1.54) is 0 Å². The number of carbonyl (C=O) groups excluding carboxylic acids is 1. The molecule has 3 rings (SSSR count). The Hall–Kier alpha value is -1.55. The summed E-state index contributed by atoms with van der Waals surface area (Å²) in [6.07, 6.45) is 3.34. The second-order valence-electron chi connectivity index (χ2n) is 5.91. The lowest BCUT2D eigenvalue weighted by Crippen LogP contribution is -2.40.